The summed E-state index contributed by atoms with van der Waals surface area (Å²) in [6, 6.07) is 7.23. The monoisotopic (exact) mass is 208 g/mol. The number of aliphatic hydroxyl groups is 1. The highest BCUT2D eigenvalue weighted by Crippen LogP contribution is 2.14. The predicted octanol–water partition coefficient (Wildman–Crippen LogP) is 2.13. The number of aryl methyl sites for hydroxylation is 1. The molecule has 0 heterocycles. The van der Waals surface area contributed by atoms with Crippen LogP contribution in [0.1, 0.15) is 36.7 Å². The molecule has 0 aliphatic rings. The number of esters is 1. The number of ether oxygens (including phenoxy) is 1. The van der Waals surface area contributed by atoms with Gasteiger partial charge in [-0.2, -0.15) is 0 Å². The van der Waals surface area contributed by atoms with E-state index < -0.39 is 11.8 Å². The van der Waals surface area contributed by atoms with E-state index in [0.29, 0.717) is 5.56 Å². The minimum absolute atomic E-state index is 0.486. The Hall–Kier alpha value is -1.35. The Labute approximate surface area is 89.7 Å². The van der Waals surface area contributed by atoms with Crippen LogP contribution >= 0.6 is 0 Å². The lowest BCUT2D eigenvalue weighted by Gasteiger charge is -2.18. The minimum atomic E-state index is -1.43. The Morgan fingerprint density at radius 2 is 2.00 bits per heavy atom. The van der Waals surface area contributed by atoms with Gasteiger partial charge in [0, 0.05) is 13.8 Å². The van der Waals surface area contributed by atoms with E-state index in [-0.39, 0.29) is 0 Å². The Balaban J connectivity index is 2.91. The van der Waals surface area contributed by atoms with E-state index in [1.807, 2.05) is 19.1 Å². The summed E-state index contributed by atoms with van der Waals surface area (Å²) in [5, 5.41) is 9.37. The first kappa shape index (κ1) is 11.7. The van der Waals surface area contributed by atoms with Crippen LogP contribution in [0.15, 0.2) is 24.3 Å². The van der Waals surface area contributed by atoms with Crippen molar-refractivity contribution in [2.24, 2.45) is 0 Å². The number of benzene rings is 1. The zero-order valence-corrected chi connectivity index (χ0v) is 9.28. The van der Waals surface area contributed by atoms with Gasteiger partial charge in [-0.05, 0) is 18.1 Å². The summed E-state index contributed by atoms with van der Waals surface area (Å²) >= 11 is 0. The number of carbonyl (C=O) groups is 1. The molecule has 0 aliphatic carbocycles. The molecule has 0 radical (unpaired) electrons. The average molecular weight is 208 g/mol. The third-order valence-electron chi connectivity index (χ3n) is 1.96. The molecular formula is C12H16O3. The maximum atomic E-state index is 11.7. The van der Waals surface area contributed by atoms with Gasteiger partial charge in [0.2, 0.25) is 5.79 Å². The van der Waals surface area contributed by atoms with Crippen molar-refractivity contribution < 1.29 is 14.6 Å². The summed E-state index contributed by atoms with van der Waals surface area (Å²) in [6.45, 7) is 4.83. The molecule has 0 saturated heterocycles. The van der Waals surface area contributed by atoms with Gasteiger partial charge in [-0.15, -0.1) is 0 Å². The van der Waals surface area contributed by atoms with Crippen LogP contribution in [0.3, 0.4) is 0 Å². The van der Waals surface area contributed by atoms with Gasteiger partial charge in [0.1, 0.15) is 0 Å². The molecule has 0 aliphatic heterocycles. The molecule has 0 atom stereocenters. The molecule has 3 nitrogen and oxygen atoms in total. The first-order chi connectivity index (χ1) is 6.94. The quantitative estimate of drug-likeness (QED) is 0.611. The zero-order chi connectivity index (χ0) is 11.5. The second kappa shape index (κ2) is 4.45. The highest BCUT2D eigenvalue weighted by atomic mass is 16.7. The minimum Gasteiger partial charge on any atom is -0.430 e. The molecule has 3 heteroatoms. The first-order valence-corrected chi connectivity index (χ1v) is 4.97. The van der Waals surface area contributed by atoms with Gasteiger partial charge in [-0.1, -0.05) is 25.1 Å². The number of hydrogen-bond acceptors (Lipinski definition) is 3. The summed E-state index contributed by atoms with van der Waals surface area (Å²) in [4.78, 5) is 11.7. The summed E-state index contributed by atoms with van der Waals surface area (Å²) < 4.78 is 4.88. The van der Waals surface area contributed by atoms with E-state index in [2.05, 4.69) is 0 Å². The lowest BCUT2D eigenvalue weighted by Crippen LogP contribution is -2.27. The molecule has 1 N–H and O–H groups in total. The van der Waals surface area contributed by atoms with E-state index in [0.717, 1.165) is 12.0 Å². The molecule has 0 aromatic heterocycles. The second-order valence-corrected chi connectivity index (χ2v) is 3.85. The summed E-state index contributed by atoms with van der Waals surface area (Å²) in [7, 11) is 0. The lowest BCUT2D eigenvalue weighted by atomic mass is 10.1. The SMILES string of the molecule is CCc1ccccc1C(=O)OC(C)(C)O. The van der Waals surface area contributed by atoms with E-state index in [1.165, 1.54) is 13.8 Å². The van der Waals surface area contributed by atoms with Crippen molar-refractivity contribution in [1.29, 1.82) is 0 Å². The molecule has 1 aromatic rings. The highest BCUT2D eigenvalue weighted by molar-refractivity contribution is 5.91. The van der Waals surface area contributed by atoms with E-state index in [9.17, 15) is 9.90 Å². The molecule has 15 heavy (non-hydrogen) atoms. The fraction of sp³-hybridized carbons (Fsp3) is 0.417. The van der Waals surface area contributed by atoms with E-state index in [1.54, 1.807) is 12.1 Å². The maximum absolute atomic E-state index is 11.7. The summed E-state index contributed by atoms with van der Waals surface area (Å²) in [5.74, 6) is -1.92. The Bertz CT molecular complexity index is 350. The third-order valence-corrected chi connectivity index (χ3v) is 1.96. The Morgan fingerprint density at radius 3 is 2.53 bits per heavy atom. The van der Waals surface area contributed by atoms with Crippen molar-refractivity contribution in [3.05, 3.63) is 35.4 Å². The molecule has 1 aromatic carbocycles. The number of carbonyl (C=O) groups excluding carboxylic acids is 1. The first-order valence-electron chi connectivity index (χ1n) is 4.97. The van der Waals surface area contributed by atoms with Crippen molar-refractivity contribution >= 4 is 5.97 Å². The molecule has 82 valence electrons. The van der Waals surface area contributed by atoms with Crippen molar-refractivity contribution in [3.63, 3.8) is 0 Å². The van der Waals surface area contributed by atoms with Crippen LogP contribution in [-0.4, -0.2) is 16.9 Å². The van der Waals surface area contributed by atoms with E-state index in [4.69, 9.17) is 4.74 Å². The smallest absolute Gasteiger partial charge is 0.340 e. The van der Waals surface area contributed by atoms with Gasteiger partial charge >= 0.3 is 5.97 Å². The van der Waals surface area contributed by atoms with Gasteiger partial charge in [0.15, 0.2) is 0 Å². The van der Waals surface area contributed by atoms with Crippen molar-refractivity contribution in [3.8, 4) is 0 Å². The predicted molar refractivity (Wildman–Crippen MR) is 57.5 cm³/mol. The van der Waals surface area contributed by atoms with Crippen LogP contribution in [-0.2, 0) is 11.2 Å². The van der Waals surface area contributed by atoms with Crippen LogP contribution in [0.2, 0.25) is 0 Å². The summed E-state index contributed by atoms with van der Waals surface area (Å²) in [5.41, 5.74) is 1.44. The Kier molecular flexibility index (Phi) is 3.48. The fourth-order valence-corrected chi connectivity index (χ4v) is 1.31. The second-order valence-electron chi connectivity index (χ2n) is 3.85. The molecule has 0 unspecified atom stereocenters. The number of rotatable bonds is 3. The van der Waals surface area contributed by atoms with Crippen molar-refractivity contribution in [1.82, 2.24) is 0 Å². The van der Waals surface area contributed by atoms with Gasteiger partial charge in [0.25, 0.3) is 0 Å². The molecule has 0 saturated carbocycles. The standard InChI is InChI=1S/C12H16O3/c1-4-9-7-5-6-8-10(9)11(13)15-12(2,3)14/h5-8,14H,4H2,1-3H3. The average Bonchev–Trinajstić information content (AvgIpc) is 2.15. The van der Waals surface area contributed by atoms with Crippen LogP contribution in [0.5, 0.6) is 0 Å². The van der Waals surface area contributed by atoms with Gasteiger partial charge in [0.05, 0.1) is 5.56 Å². The normalized spacial score (nSPS) is 11.2. The topological polar surface area (TPSA) is 46.5 Å². The molecule has 0 amide bonds. The van der Waals surface area contributed by atoms with Crippen LogP contribution in [0, 0.1) is 0 Å². The third kappa shape index (κ3) is 3.36. The lowest BCUT2D eigenvalue weighted by molar-refractivity contribution is -0.136. The van der Waals surface area contributed by atoms with Gasteiger partial charge < -0.3 is 9.84 Å². The molecule has 0 spiro atoms. The van der Waals surface area contributed by atoms with Crippen LogP contribution < -0.4 is 0 Å². The fourth-order valence-electron chi connectivity index (χ4n) is 1.31. The molecule has 0 fully saturated rings. The van der Waals surface area contributed by atoms with Crippen molar-refractivity contribution in [2.45, 2.75) is 33.0 Å². The van der Waals surface area contributed by atoms with E-state index >= 15 is 0 Å². The molecule has 0 bridgehead atoms. The Morgan fingerprint density at radius 1 is 1.40 bits per heavy atom. The zero-order valence-electron chi connectivity index (χ0n) is 9.28. The summed E-state index contributed by atoms with van der Waals surface area (Å²) in [6.07, 6.45) is 0.761. The van der Waals surface area contributed by atoms with Crippen LogP contribution in [0.25, 0.3) is 0 Å². The maximum Gasteiger partial charge on any atom is 0.340 e. The molecule has 1 rings (SSSR count). The largest absolute Gasteiger partial charge is 0.430 e. The highest BCUT2D eigenvalue weighted by Gasteiger charge is 2.20. The van der Waals surface area contributed by atoms with Crippen LogP contribution in [0.4, 0.5) is 0 Å². The van der Waals surface area contributed by atoms with Crippen molar-refractivity contribution in [2.75, 3.05) is 0 Å². The van der Waals surface area contributed by atoms with Gasteiger partial charge in [-0.3, -0.25) is 0 Å². The number of hydrogen-bond donors (Lipinski definition) is 1. The van der Waals surface area contributed by atoms with Gasteiger partial charge in [-0.25, -0.2) is 4.79 Å². The molecular weight excluding hydrogens is 192 g/mol.